The van der Waals surface area contributed by atoms with E-state index in [4.69, 9.17) is 0 Å². The number of imide groups is 2. The highest BCUT2D eigenvalue weighted by Crippen LogP contribution is 2.27. The number of aromatic nitrogens is 1. The van der Waals surface area contributed by atoms with Crippen LogP contribution in [-0.4, -0.2) is 22.4 Å². The standard InChI is InChI=1S/C25H22FN3O3/c1-14-5-6-15(2)22(11-14)28-16(3)12-18(17(28)4)13-21-23(30)27-25(32)29(24(21)31)20-9-7-19(26)8-10-20/h5-13H,1-4H3,(H,27,30,32)/b21-13+. The van der Waals surface area contributed by atoms with Crippen molar-refractivity contribution in [3.05, 3.63) is 88.0 Å². The molecule has 6 nitrogen and oxygen atoms in total. The van der Waals surface area contributed by atoms with Crippen LogP contribution in [0.1, 0.15) is 28.1 Å². The molecule has 1 aromatic heterocycles. The summed E-state index contributed by atoms with van der Waals surface area (Å²) in [5, 5.41) is 2.19. The fourth-order valence-electron chi connectivity index (χ4n) is 3.90. The Hall–Kier alpha value is -4.00. The molecule has 0 aliphatic carbocycles. The van der Waals surface area contributed by atoms with Crippen molar-refractivity contribution in [2.24, 2.45) is 0 Å². The van der Waals surface area contributed by atoms with Crippen LogP contribution < -0.4 is 10.2 Å². The van der Waals surface area contributed by atoms with Gasteiger partial charge in [-0.25, -0.2) is 14.1 Å². The molecular weight excluding hydrogens is 409 g/mol. The molecule has 7 heteroatoms. The predicted molar refractivity (Wildman–Crippen MR) is 120 cm³/mol. The van der Waals surface area contributed by atoms with Crippen molar-refractivity contribution in [2.75, 3.05) is 4.90 Å². The number of barbiturate groups is 1. The average Bonchev–Trinajstić information content (AvgIpc) is 3.01. The first-order chi connectivity index (χ1) is 15.2. The summed E-state index contributed by atoms with van der Waals surface area (Å²) >= 11 is 0. The van der Waals surface area contributed by atoms with E-state index in [0.29, 0.717) is 5.56 Å². The lowest BCUT2D eigenvalue weighted by molar-refractivity contribution is -0.122. The van der Waals surface area contributed by atoms with E-state index >= 15 is 0 Å². The number of anilines is 1. The zero-order chi connectivity index (χ0) is 23.2. The largest absolute Gasteiger partial charge is 0.335 e. The molecule has 0 bridgehead atoms. The Kier molecular flexibility index (Phi) is 5.26. The molecule has 1 fully saturated rings. The number of carbonyl (C=O) groups is 3. The van der Waals surface area contributed by atoms with E-state index in [0.717, 1.165) is 45.2 Å². The van der Waals surface area contributed by atoms with E-state index in [1.54, 1.807) is 0 Å². The van der Waals surface area contributed by atoms with Crippen LogP contribution in [0.4, 0.5) is 14.9 Å². The van der Waals surface area contributed by atoms with Gasteiger partial charge < -0.3 is 4.57 Å². The first kappa shape index (κ1) is 21.2. The Morgan fingerprint density at radius 3 is 2.28 bits per heavy atom. The number of benzene rings is 2. The first-order valence-electron chi connectivity index (χ1n) is 10.1. The molecule has 4 amide bonds. The van der Waals surface area contributed by atoms with E-state index in [-0.39, 0.29) is 11.3 Å². The highest BCUT2D eigenvalue weighted by Gasteiger charge is 2.37. The van der Waals surface area contributed by atoms with Crippen molar-refractivity contribution in [3.8, 4) is 5.69 Å². The molecule has 0 spiro atoms. The number of carbonyl (C=O) groups excluding carboxylic acids is 3. The molecule has 3 aromatic rings. The van der Waals surface area contributed by atoms with Gasteiger partial charge in [-0.1, -0.05) is 12.1 Å². The van der Waals surface area contributed by atoms with Gasteiger partial charge in [-0.2, -0.15) is 0 Å². The van der Waals surface area contributed by atoms with Crippen LogP contribution in [-0.2, 0) is 9.59 Å². The van der Waals surface area contributed by atoms with Crippen molar-refractivity contribution < 1.29 is 18.8 Å². The zero-order valence-corrected chi connectivity index (χ0v) is 18.2. The quantitative estimate of drug-likeness (QED) is 0.490. The van der Waals surface area contributed by atoms with Crippen LogP contribution in [0.5, 0.6) is 0 Å². The minimum atomic E-state index is -0.871. The molecule has 162 valence electrons. The molecule has 1 aliphatic rings. The summed E-state index contributed by atoms with van der Waals surface area (Å²) in [7, 11) is 0. The van der Waals surface area contributed by atoms with Gasteiger partial charge in [0, 0.05) is 17.1 Å². The molecule has 2 heterocycles. The van der Waals surface area contributed by atoms with Gasteiger partial charge in [0.05, 0.1) is 5.69 Å². The van der Waals surface area contributed by atoms with Crippen molar-refractivity contribution >= 4 is 29.6 Å². The van der Waals surface area contributed by atoms with E-state index in [9.17, 15) is 18.8 Å². The van der Waals surface area contributed by atoms with Gasteiger partial charge in [0.15, 0.2) is 0 Å². The highest BCUT2D eigenvalue weighted by atomic mass is 19.1. The second kappa shape index (κ2) is 7.92. The molecule has 0 unspecified atom stereocenters. The number of nitrogens with zero attached hydrogens (tertiary/aromatic N) is 2. The molecule has 0 saturated carbocycles. The van der Waals surface area contributed by atoms with Gasteiger partial charge in [0.2, 0.25) is 0 Å². The summed E-state index contributed by atoms with van der Waals surface area (Å²) < 4.78 is 15.4. The zero-order valence-electron chi connectivity index (χ0n) is 18.2. The Labute approximate surface area is 185 Å². The number of hydrogen-bond acceptors (Lipinski definition) is 3. The Morgan fingerprint density at radius 2 is 1.59 bits per heavy atom. The monoisotopic (exact) mass is 431 g/mol. The first-order valence-corrected chi connectivity index (χ1v) is 10.1. The van der Waals surface area contributed by atoms with Gasteiger partial charge in [-0.15, -0.1) is 0 Å². The third kappa shape index (κ3) is 3.62. The second-order valence-electron chi connectivity index (χ2n) is 7.89. The fourth-order valence-corrected chi connectivity index (χ4v) is 3.90. The Bertz CT molecular complexity index is 1300. The number of aryl methyl sites for hydroxylation is 3. The molecule has 2 aromatic carbocycles. The number of rotatable bonds is 3. The van der Waals surface area contributed by atoms with Crippen LogP contribution in [0, 0.1) is 33.5 Å². The summed E-state index contributed by atoms with van der Waals surface area (Å²) in [5.41, 5.74) is 5.72. The van der Waals surface area contributed by atoms with Gasteiger partial charge in [0.1, 0.15) is 11.4 Å². The van der Waals surface area contributed by atoms with Gasteiger partial charge in [0.25, 0.3) is 11.8 Å². The SMILES string of the molecule is Cc1ccc(C)c(-n2c(C)cc(/C=C3\C(=O)NC(=O)N(c4ccc(F)cc4)C3=O)c2C)c1. The lowest BCUT2D eigenvalue weighted by Crippen LogP contribution is -2.54. The molecule has 0 radical (unpaired) electrons. The summed E-state index contributed by atoms with van der Waals surface area (Å²) in [6.45, 7) is 7.91. The number of nitrogens with one attached hydrogen (secondary N) is 1. The second-order valence-corrected chi connectivity index (χ2v) is 7.89. The predicted octanol–water partition coefficient (Wildman–Crippen LogP) is 4.52. The average molecular weight is 431 g/mol. The molecule has 0 atom stereocenters. The van der Waals surface area contributed by atoms with E-state index in [1.165, 1.54) is 18.2 Å². The van der Waals surface area contributed by atoms with Crippen molar-refractivity contribution in [3.63, 3.8) is 0 Å². The maximum Gasteiger partial charge on any atom is 0.335 e. The van der Waals surface area contributed by atoms with Gasteiger partial charge in [-0.05, 0) is 86.9 Å². The summed E-state index contributed by atoms with van der Waals surface area (Å²) in [4.78, 5) is 38.7. The molecule has 1 saturated heterocycles. The lowest BCUT2D eigenvalue weighted by atomic mass is 10.1. The molecular formula is C25H22FN3O3. The van der Waals surface area contributed by atoms with Crippen LogP contribution in [0.25, 0.3) is 11.8 Å². The highest BCUT2D eigenvalue weighted by molar-refractivity contribution is 6.39. The molecule has 1 N–H and O–H groups in total. The van der Waals surface area contributed by atoms with Crippen molar-refractivity contribution in [2.45, 2.75) is 27.7 Å². The van der Waals surface area contributed by atoms with Crippen LogP contribution >= 0.6 is 0 Å². The van der Waals surface area contributed by atoms with Gasteiger partial charge >= 0.3 is 6.03 Å². The normalized spacial score (nSPS) is 15.5. The minimum Gasteiger partial charge on any atom is -0.318 e. The third-order valence-electron chi connectivity index (χ3n) is 5.56. The minimum absolute atomic E-state index is 0.171. The topological polar surface area (TPSA) is 71.4 Å². The maximum atomic E-state index is 13.3. The summed E-state index contributed by atoms with van der Waals surface area (Å²) in [6, 6.07) is 12.1. The van der Waals surface area contributed by atoms with Crippen molar-refractivity contribution in [1.29, 1.82) is 0 Å². The molecule has 32 heavy (non-hydrogen) atoms. The van der Waals surface area contributed by atoms with Crippen LogP contribution in [0.15, 0.2) is 54.1 Å². The van der Waals surface area contributed by atoms with E-state index in [1.807, 2.05) is 45.9 Å². The molecule has 1 aliphatic heterocycles. The number of amides is 4. The summed E-state index contributed by atoms with van der Waals surface area (Å²) in [6.07, 6.45) is 1.49. The number of halogens is 1. The van der Waals surface area contributed by atoms with Crippen LogP contribution in [0.2, 0.25) is 0 Å². The maximum absolute atomic E-state index is 13.3. The smallest absolute Gasteiger partial charge is 0.318 e. The van der Waals surface area contributed by atoms with Crippen LogP contribution in [0.3, 0.4) is 0 Å². The lowest BCUT2D eigenvalue weighted by Gasteiger charge is -2.26. The molecule has 4 rings (SSSR count). The summed E-state index contributed by atoms with van der Waals surface area (Å²) in [5.74, 6) is -2.03. The van der Waals surface area contributed by atoms with Gasteiger partial charge in [-0.3, -0.25) is 14.9 Å². The Morgan fingerprint density at radius 1 is 0.906 bits per heavy atom. The number of hydrogen-bond donors (Lipinski definition) is 1. The Balaban J connectivity index is 1.78. The number of urea groups is 1. The fraction of sp³-hybridized carbons (Fsp3) is 0.160. The third-order valence-corrected chi connectivity index (χ3v) is 5.56. The van der Waals surface area contributed by atoms with E-state index in [2.05, 4.69) is 16.0 Å². The van der Waals surface area contributed by atoms with Crippen molar-refractivity contribution in [1.82, 2.24) is 9.88 Å². The van der Waals surface area contributed by atoms with E-state index < -0.39 is 23.7 Å².